The van der Waals surface area contributed by atoms with Crippen molar-refractivity contribution in [3.63, 3.8) is 0 Å². The van der Waals surface area contributed by atoms with Crippen LogP contribution in [0.3, 0.4) is 0 Å². The third kappa shape index (κ3) is 2.89. The summed E-state index contributed by atoms with van der Waals surface area (Å²) in [6.07, 6.45) is 0.917. The number of guanidine groups is 1. The second-order valence-corrected chi connectivity index (χ2v) is 3.27. The molecule has 1 heterocycles. The van der Waals surface area contributed by atoms with Crippen molar-refractivity contribution in [2.45, 2.75) is 6.42 Å². The minimum Gasteiger partial charge on any atom is -0.369 e. The topological polar surface area (TPSA) is 76.4 Å². The molecule has 0 fully saturated rings. The molecule has 0 saturated heterocycles. The van der Waals surface area contributed by atoms with Gasteiger partial charge in [-0.3, -0.25) is 10.4 Å². The van der Waals surface area contributed by atoms with Crippen molar-refractivity contribution in [1.82, 2.24) is 5.43 Å². The zero-order valence-corrected chi connectivity index (χ0v) is 7.47. The lowest BCUT2D eigenvalue weighted by Gasteiger charge is -1.96. The quantitative estimate of drug-likeness (QED) is 0.269. The first-order valence-corrected chi connectivity index (χ1v) is 4.50. The molecule has 66 valence electrons. The summed E-state index contributed by atoms with van der Waals surface area (Å²) in [7, 11) is 0. The first-order chi connectivity index (χ1) is 5.83. The van der Waals surface area contributed by atoms with Gasteiger partial charge in [0, 0.05) is 17.8 Å². The van der Waals surface area contributed by atoms with Gasteiger partial charge in [0.2, 0.25) is 5.96 Å². The monoisotopic (exact) mass is 184 g/mol. The van der Waals surface area contributed by atoms with Crippen molar-refractivity contribution in [2.24, 2.45) is 16.6 Å². The number of hydrogen-bond donors (Lipinski definition) is 3. The number of aliphatic imine (C=N–C) groups is 1. The highest BCUT2D eigenvalue weighted by molar-refractivity contribution is 7.09. The SMILES string of the molecule is NNC(N)=NCCc1cccs1. The van der Waals surface area contributed by atoms with Gasteiger partial charge in [0.1, 0.15) is 0 Å². The van der Waals surface area contributed by atoms with E-state index < -0.39 is 0 Å². The smallest absolute Gasteiger partial charge is 0.203 e. The number of thiophene rings is 1. The van der Waals surface area contributed by atoms with Crippen LogP contribution in [0, 0.1) is 0 Å². The number of rotatable bonds is 3. The molecule has 0 aliphatic heterocycles. The van der Waals surface area contributed by atoms with Crippen LogP contribution in [-0.4, -0.2) is 12.5 Å². The highest BCUT2D eigenvalue weighted by Crippen LogP contribution is 2.08. The van der Waals surface area contributed by atoms with Gasteiger partial charge >= 0.3 is 0 Å². The zero-order chi connectivity index (χ0) is 8.81. The molecule has 0 aromatic carbocycles. The molecule has 0 atom stereocenters. The van der Waals surface area contributed by atoms with E-state index in [1.807, 2.05) is 11.4 Å². The van der Waals surface area contributed by atoms with Crippen molar-refractivity contribution < 1.29 is 0 Å². The Morgan fingerprint density at radius 3 is 3.08 bits per heavy atom. The molecule has 0 bridgehead atoms. The zero-order valence-electron chi connectivity index (χ0n) is 6.66. The molecule has 5 heteroatoms. The van der Waals surface area contributed by atoms with Crippen molar-refractivity contribution >= 4 is 17.3 Å². The standard InChI is InChI=1S/C7H12N4S/c8-7(11-9)10-4-3-6-2-1-5-12-6/h1-2,5H,3-4,9H2,(H3,8,10,11). The Morgan fingerprint density at radius 2 is 2.50 bits per heavy atom. The van der Waals surface area contributed by atoms with Gasteiger partial charge in [-0.15, -0.1) is 11.3 Å². The fourth-order valence-corrected chi connectivity index (χ4v) is 1.49. The van der Waals surface area contributed by atoms with Gasteiger partial charge in [0.05, 0.1) is 0 Å². The van der Waals surface area contributed by atoms with E-state index in [-0.39, 0.29) is 5.96 Å². The molecular formula is C7H12N4S. The molecule has 4 nitrogen and oxygen atoms in total. The highest BCUT2D eigenvalue weighted by atomic mass is 32.1. The summed E-state index contributed by atoms with van der Waals surface area (Å²) < 4.78 is 0. The maximum Gasteiger partial charge on any atom is 0.203 e. The van der Waals surface area contributed by atoms with E-state index in [0.717, 1.165) is 6.42 Å². The van der Waals surface area contributed by atoms with E-state index in [2.05, 4.69) is 16.5 Å². The van der Waals surface area contributed by atoms with E-state index in [1.54, 1.807) is 11.3 Å². The molecule has 1 aromatic rings. The Morgan fingerprint density at radius 1 is 1.67 bits per heavy atom. The first-order valence-electron chi connectivity index (χ1n) is 3.62. The van der Waals surface area contributed by atoms with Crippen LogP contribution in [0.1, 0.15) is 4.88 Å². The third-order valence-corrected chi connectivity index (χ3v) is 2.30. The fourth-order valence-electron chi connectivity index (χ4n) is 0.787. The summed E-state index contributed by atoms with van der Waals surface area (Å²) in [5.74, 6) is 5.31. The van der Waals surface area contributed by atoms with Crippen LogP contribution in [0.4, 0.5) is 0 Å². The first kappa shape index (κ1) is 9.02. The Labute approximate surface area is 75.3 Å². The van der Waals surface area contributed by atoms with Gasteiger partial charge in [-0.2, -0.15) is 0 Å². The number of nitrogens with zero attached hydrogens (tertiary/aromatic N) is 1. The Bertz CT molecular complexity index is 242. The highest BCUT2D eigenvalue weighted by Gasteiger charge is 1.91. The fraction of sp³-hybridized carbons (Fsp3) is 0.286. The average molecular weight is 184 g/mol. The number of nitrogens with one attached hydrogen (secondary N) is 1. The molecule has 0 aliphatic carbocycles. The number of nitrogens with two attached hydrogens (primary N) is 2. The van der Waals surface area contributed by atoms with Crippen LogP contribution in [0.15, 0.2) is 22.5 Å². The predicted octanol–water partition coefficient (Wildman–Crippen LogP) is 0.0686. The van der Waals surface area contributed by atoms with Crippen LogP contribution < -0.4 is 17.0 Å². The predicted molar refractivity (Wildman–Crippen MR) is 51.8 cm³/mol. The second-order valence-electron chi connectivity index (χ2n) is 2.24. The third-order valence-electron chi connectivity index (χ3n) is 1.37. The molecule has 0 saturated carbocycles. The van der Waals surface area contributed by atoms with Gasteiger partial charge in [-0.05, 0) is 11.4 Å². The van der Waals surface area contributed by atoms with Gasteiger partial charge in [-0.25, -0.2) is 5.84 Å². The van der Waals surface area contributed by atoms with Crippen LogP contribution in [0.25, 0.3) is 0 Å². The largest absolute Gasteiger partial charge is 0.369 e. The van der Waals surface area contributed by atoms with Gasteiger partial charge in [-0.1, -0.05) is 6.07 Å². The van der Waals surface area contributed by atoms with Gasteiger partial charge in [0.25, 0.3) is 0 Å². The lowest BCUT2D eigenvalue weighted by Crippen LogP contribution is -2.37. The molecule has 12 heavy (non-hydrogen) atoms. The summed E-state index contributed by atoms with van der Waals surface area (Å²) in [6.45, 7) is 0.677. The maximum absolute atomic E-state index is 5.33. The molecule has 0 aliphatic rings. The molecule has 0 unspecified atom stereocenters. The number of hydrogen-bond acceptors (Lipinski definition) is 3. The van der Waals surface area contributed by atoms with Gasteiger partial charge in [0.15, 0.2) is 0 Å². The van der Waals surface area contributed by atoms with E-state index in [0.29, 0.717) is 6.54 Å². The molecule has 0 radical (unpaired) electrons. The summed E-state index contributed by atoms with van der Waals surface area (Å²) in [5.41, 5.74) is 7.61. The van der Waals surface area contributed by atoms with Crippen LogP contribution >= 0.6 is 11.3 Å². The molecular weight excluding hydrogens is 172 g/mol. The normalized spacial score (nSPS) is 11.6. The van der Waals surface area contributed by atoms with Crippen LogP contribution in [0.5, 0.6) is 0 Å². The Kier molecular flexibility index (Phi) is 3.56. The van der Waals surface area contributed by atoms with Crippen molar-refractivity contribution in [1.29, 1.82) is 0 Å². The van der Waals surface area contributed by atoms with E-state index >= 15 is 0 Å². The van der Waals surface area contributed by atoms with Gasteiger partial charge < -0.3 is 5.73 Å². The minimum absolute atomic E-state index is 0.284. The maximum atomic E-state index is 5.33. The molecule has 1 aromatic heterocycles. The average Bonchev–Trinajstić information content (AvgIpc) is 2.57. The van der Waals surface area contributed by atoms with E-state index in [1.165, 1.54) is 4.88 Å². The number of hydrazine groups is 1. The summed E-state index contributed by atoms with van der Waals surface area (Å²) >= 11 is 1.72. The molecule has 1 rings (SSSR count). The molecule has 5 N–H and O–H groups in total. The lowest BCUT2D eigenvalue weighted by molar-refractivity contribution is 0.933. The Balaban J connectivity index is 2.28. The van der Waals surface area contributed by atoms with Crippen molar-refractivity contribution in [3.8, 4) is 0 Å². The summed E-state index contributed by atoms with van der Waals surface area (Å²) in [6, 6.07) is 4.10. The lowest BCUT2D eigenvalue weighted by atomic mass is 10.3. The summed E-state index contributed by atoms with van der Waals surface area (Å²) in [4.78, 5) is 5.29. The molecule has 0 amide bonds. The van der Waals surface area contributed by atoms with E-state index in [4.69, 9.17) is 11.6 Å². The van der Waals surface area contributed by atoms with Crippen LogP contribution in [-0.2, 0) is 6.42 Å². The Hall–Kier alpha value is -1.07. The van der Waals surface area contributed by atoms with Crippen molar-refractivity contribution in [3.05, 3.63) is 22.4 Å². The molecule has 0 spiro atoms. The van der Waals surface area contributed by atoms with E-state index in [9.17, 15) is 0 Å². The van der Waals surface area contributed by atoms with Crippen LogP contribution in [0.2, 0.25) is 0 Å². The minimum atomic E-state index is 0.284. The summed E-state index contributed by atoms with van der Waals surface area (Å²) in [5, 5.41) is 2.05. The second kappa shape index (κ2) is 4.74. The van der Waals surface area contributed by atoms with Crippen molar-refractivity contribution in [2.75, 3.05) is 6.54 Å².